The summed E-state index contributed by atoms with van der Waals surface area (Å²) < 4.78 is 0.536. The van der Waals surface area contributed by atoms with Crippen molar-refractivity contribution in [3.05, 3.63) is 0 Å². The lowest BCUT2D eigenvalue weighted by Crippen LogP contribution is -2.59. The normalized spacial score (nSPS) is 41.1. The summed E-state index contributed by atoms with van der Waals surface area (Å²) in [4.78, 5) is 5.63. The zero-order valence-corrected chi connectivity index (χ0v) is 13.7. The number of hydrogen-bond donors (Lipinski definition) is 0. The first-order valence-electron chi connectivity index (χ1n) is 8.19. The summed E-state index contributed by atoms with van der Waals surface area (Å²) in [7, 11) is 0. The highest BCUT2D eigenvalue weighted by molar-refractivity contribution is 8.00. The summed E-state index contributed by atoms with van der Waals surface area (Å²) in [6.07, 6.45) is 5.71. The molecular weight excluding hydrogens is 252 g/mol. The van der Waals surface area contributed by atoms with Crippen LogP contribution in [0.1, 0.15) is 46.5 Å². The highest BCUT2D eigenvalue weighted by Crippen LogP contribution is 2.40. The van der Waals surface area contributed by atoms with E-state index in [0.717, 1.165) is 18.0 Å². The SMILES string of the molecule is CC(C)C1CN2CCCC2CN1CC1(C)CCCS1. The standard InChI is InChI=1S/C16H30N2S/c1-13(2)15-11-17-8-4-6-14(17)10-18(15)12-16(3)7-5-9-19-16/h13-15H,4-12H2,1-3H3. The maximum atomic E-state index is 2.86. The van der Waals surface area contributed by atoms with Gasteiger partial charge < -0.3 is 0 Å². The van der Waals surface area contributed by atoms with Crippen LogP contribution < -0.4 is 0 Å². The van der Waals surface area contributed by atoms with E-state index >= 15 is 0 Å². The molecule has 3 saturated heterocycles. The summed E-state index contributed by atoms with van der Waals surface area (Å²) in [6, 6.07) is 1.65. The molecule has 0 spiro atoms. The summed E-state index contributed by atoms with van der Waals surface area (Å²) in [5, 5.41) is 0. The fourth-order valence-corrected chi connectivity index (χ4v) is 5.64. The molecule has 0 bridgehead atoms. The van der Waals surface area contributed by atoms with Crippen molar-refractivity contribution in [3.8, 4) is 0 Å². The smallest absolute Gasteiger partial charge is 0.0259 e. The van der Waals surface area contributed by atoms with Crippen LogP contribution >= 0.6 is 11.8 Å². The lowest BCUT2D eigenvalue weighted by molar-refractivity contribution is 0.0240. The van der Waals surface area contributed by atoms with E-state index in [9.17, 15) is 0 Å². The minimum Gasteiger partial charge on any atom is -0.298 e. The van der Waals surface area contributed by atoms with Crippen LogP contribution in [0.3, 0.4) is 0 Å². The number of piperazine rings is 1. The Morgan fingerprint density at radius 2 is 2.11 bits per heavy atom. The molecule has 19 heavy (non-hydrogen) atoms. The molecule has 0 aromatic rings. The molecule has 0 saturated carbocycles. The highest BCUT2D eigenvalue weighted by Gasteiger charge is 2.41. The summed E-state index contributed by atoms with van der Waals surface area (Å²) >= 11 is 2.22. The monoisotopic (exact) mass is 282 g/mol. The van der Waals surface area contributed by atoms with Gasteiger partial charge in [-0.1, -0.05) is 13.8 Å². The zero-order valence-electron chi connectivity index (χ0n) is 12.9. The predicted molar refractivity (Wildman–Crippen MR) is 84.9 cm³/mol. The Bertz CT molecular complexity index is 312. The van der Waals surface area contributed by atoms with Crippen molar-refractivity contribution in [2.75, 3.05) is 31.9 Å². The maximum absolute atomic E-state index is 2.86. The topological polar surface area (TPSA) is 6.48 Å². The molecule has 3 rings (SSSR count). The molecule has 3 aliphatic heterocycles. The highest BCUT2D eigenvalue weighted by atomic mass is 32.2. The third kappa shape index (κ3) is 2.98. The third-order valence-corrected chi connectivity index (χ3v) is 6.97. The van der Waals surface area contributed by atoms with Gasteiger partial charge in [0.05, 0.1) is 0 Å². The van der Waals surface area contributed by atoms with Gasteiger partial charge in [-0.3, -0.25) is 9.80 Å². The molecule has 0 radical (unpaired) electrons. The van der Waals surface area contributed by atoms with Gasteiger partial charge in [0.25, 0.3) is 0 Å². The van der Waals surface area contributed by atoms with Crippen molar-refractivity contribution >= 4 is 11.8 Å². The second-order valence-electron chi connectivity index (χ2n) is 7.43. The van der Waals surface area contributed by atoms with E-state index in [1.165, 1.54) is 57.6 Å². The quantitative estimate of drug-likeness (QED) is 0.785. The van der Waals surface area contributed by atoms with E-state index in [-0.39, 0.29) is 0 Å². The van der Waals surface area contributed by atoms with Gasteiger partial charge in [-0.25, -0.2) is 0 Å². The molecular formula is C16H30N2S. The number of hydrogen-bond acceptors (Lipinski definition) is 3. The average molecular weight is 282 g/mol. The molecule has 3 atom stereocenters. The Morgan fingerprint density at radius 3 is 2.79 bits per heavy atom. The van der Waals surface area contributed by atoms with Crippen molar-refractivity contribution in [2.24, 2.45) is 5.92 Å². The minimum absolute atomic E-state index is 0.536. The van der Waals surface area contributed by atoms with Crippen molar-refractivity contribution in [3.63, 3.8) is 0 Å². The molecule has 0 aromatic heterocycles. The fraction of sp³-hybridized carbons (Fsp3) is 1.00. The van der Waals surface area contributed by atoms with Crippen LogP contribution in [-0.2, 0) is 0 Å². The predicted octanol–water partition coefficient (Wildman–Crippen LogP) is 3.08. The summed E-state index contributed by atoms with van der Waals surface area (Å²) in [6.45, 7) is 12.7. The van der Waals surface area contributed by atoms with Gasteiger partial charge in [0.1, 0.15) is 0 Å². The van der Waals surface area contributed by atoms with Crippen LogP contribution in [0.2, 0.25) is 0 Å². The van der Waals surface area contributed by atoms with Gasteiger partial charge in [0.2, 0.25) is 0 Å². The third-order valence-electron chi connectivity index (χ3n) is 5.44. The molecule has 0 aliphatic carbocycles. The largest absolute Gasteiger partial charge is 0.298 e. The van der Waals surface area contributed by atoms with Gasteiger partial charge in [0.15, 0.2) is 0 Å². The molecule has 3 aliphatic rings. The van der Waals surface area contributed by atoms with Crippen LogP contribution in [0.4, 0.5) is 0 Å². The van der Waals surface area contributed by atoms with Gasteiger partial charge in [-0.05, 0) is 50.8 Å². The average Bonchev–Trinajstić information content (AvgIpc) is 2.96. The van der Waals surface area contributed by atoms with Crippen LogP contribution in [-0.4, -0.2) is 58.6 Å². The minimum atomic E-state index is 0.536. The molecule has 0 N–H and O–H groups in total. The number of fused-ring (bicyclic) bond motifs is 1. The molecule has 110 valence electrons. The van der Waals surface area contributed by atoms with E-state index in [0.29, 0.717) is 4.75 Å². The number of nitrogens with zero attached hydrogens (tertiary/aromatic N) is 2. The van der Waals surface area contributed by atoms with E-state index in [1.54, 1.807) is 0 Å². The van der Waals surface area contributed by atoms with Gasteiger partial charge in [-0.2, -0.15) is 11.8 Å². The Labute approximate surface area is 123 Å². The molecule has 3 unspecified atom stereocenters. The maximum Gasteiger partial charge on any atom is 0.0259 e. The second kappa shape index (κ2) is 5.57. The van der Waals surface area contributed by atoms with Crippen LogP contribution in [0.25, 0.3) is 0 Å². The van der Waals surface area contributed by atoms with E-state index < -0.39 is 0 Å². The Kier molecular flexibility index (Phi) is 4.17. The first kappa shape index (κ1) is 14.2. The first-order valence-corrected chi connectivity index (χ1v) is 9.18. The van der Waals surface area contributed by atoms with E-state index in [1.807, 2.05) is 0 Å². The molecule has 3 fully saturated rings. The van der Waals surface area contributed by atoms with E-state index in [4.69, 9.17) is 0 Å². The zero-order chi connectivity index (χ0) is 13.5. The molecule has 0 aromatic carbocycles. The van der Waals surface area contributed by atoms with Crippen LogP contribution in [0, 0.1) is 5.92 Å². The van der Waals surface area contributed by atoms with Gasteiger partial charge in [0, 0.05) is 36.5 Å². The van der Waals surface area contributed by atoms with Crippen molar-refractivity contribution in [1.82, 2.24) is 9.80 Å². The summed E-state index contributed by atoms with van der Waals surface area (Å²) in [5.74, 6) is 2.17. The van der Waals surface area contributed by atoms with E-state index in [2.05, 4.69) is 42.3 Å². The molecule has 3 heterocycles. The number of rotatable bonds is 3. The number of thioether (sulfide) groups is 1. The summed E-state index contributed by atoms with van der Waals surface area (Å²) in [5.41, 5.74) is 0. The first-order chi connectivity index (χ1) is 9.07. The van der Waals surface area contributed by atoms with Crippen molar-refractivity contribution in [1.29, 1.82) is 0 Å². The Balaban J connectivity index is 1.69. The van der Waals surface area contributed by atoms with Crippen LogP contribution in [0.15, 0.2) is 0 Å². The van der Waals surface area contributed by atoms with Gasteiger partial charge in [-0.15, -0.1) is 0 Å². The second-order valence-corrected chi connectivity index (χ2v) is 9.12. The molecule has 0 amide bonds. The lowest BCUT2D eigenvalue weighted by atomic mass is 9.95. The Morgan fingerprint density at radius 1 is 1.26 bits per heavy atom. The van der Waals surface area contributed by atoms with Crippen molar-refractivity contribution < 1.29 is 0 Å². The molecule has 3 heteroatoms. The van der Waals surface area contributed by atoms with Crippen molar-refractivity contribution in [2.45, 2.75) is 63.3 Å². The van der Waals surface area contributed by atoms with Crippen LogP contribution in [0.5, 0.6) is 0 Å². The van der Waals surface area contributed by atoms with Gasteiger partial charge >= 0.3 is 0 Å². The lowest BCUT2D eigenvalue weighted by Gasteiger charge is -2.47. The Hall–Kier alpha value is 0.270. The fourth-order valence-electron chi connectivity index (χ4n) is 4.31. The molecule has 2 nitrogen and oxygen atoms in total.